The summed E-state index contributed by atoms with van der Waals surface area (Å²) in [5.74, 6) is 0.828. The lowest BCUT2D eigenvalue weighted by Gasteiger charge is -2.28. The number of carboxylic acid groups (broad SMARTS) is 1. The number of likely N-dealkylation sites (tertiary alicyclic amines) is 2. The van der Waals surface area contributed by atoms with Gasteiger partial charge in [0.1, 0.15) is 23.8 Å². The van der Waals surface area contributed by atoms with Crippen LogP contribution in [0.2, 0.25) is 0 Å². The number of carbonyl (C=O) groups excluding carboxylic acids is 2. The van der Waals surface area contributed by atoms with Gasteiger partial charge in [-0.15, -0.1) is 0 Å². The number of aromatic nitrogens is 4. The maximum Gasteiger partial charge on any atom is 0.405 e. The standard InChI is InChI=1S/C38H39N7O5/c1-23(46)36(47)44-19-5-9-31(44)34-39-21-29(41-34)26-15-11-24(12-16-26)25-13-17-27(18-14-25)30-22-40-35(42-30)32-10-6-20-45(32)37(48)33(43-38(49)50)28-7-3-2-4-8-28/h2-4,7-8,11-18,21-23,31-33,43,46H,5-6,9-10,19-20H2,1H3,(H,39,41)(H,40,42)(H,49,50)/t23-,31?,32-,33+/m0/s1. The van der Waals surface area contributed by atoms with E-state index in [9.17, 15) is 24.6 Å². The number of carbonyl (C=O) groups is 3. The van der Waals surface area contributed by atoms with Gasteiger partial charge in [-0.3, -0.25) is 9.59 Å². The number of nitrogens with zero attached hydrogens (tertiary/aromatic N) is 4. The highest BCUT2D eigenvalue weighted by Crippen LogP contribution is 2.35. The van der Waals surface area contributed by atoms with Crippen LogP contribution in [0.15, 0.2) is 91.3 Å². The van der Waals surface area contributed by atoms with Gasteiger partial charge < -0.3 is 35.3 Å². The van der Waals surface area contributed by atoms with Crippen LogP contribution in [-0.4, -0.2) is 77.0 Å². The maximum atomic E-state index is 13.7. The average Bonchev–Trinajstić information content (AvgIpc) is 3.97. The SMILES string of the molecule is C[C@H](O)C(=O)N1CCCC1c1ncc(-c2ccc(-c3ccc(-c4cnc([C@@H]5CCCN5C(=O)[C@H](NC(=O)O)c5ccccc5)[nH]4)cc3)cc2)[nH]1. The molecule has 12 heteroatoms. The van der Waals surface area contributed by atoms with Crippen molar-refractivity contribution >= 4 is 17.9 Å². The van der Waals surface area contributed by atoms with Crippen LogP contribution in [0.25, 0.3) is 33.6 Å². The van der Waals surface area contributed by atoms with Crippen LogP contribution in [0.3, 0.4) is 0 Å². The third kappa shape index (κ3) is 6.61. The lowest BCUT2D eigenvalue weighted by molar-refractivity contribution is -0.140. The number of hydrogen-bond acceptors (Lipinski definition) is 6. The number of hydrogen-bond donors (Lipinski definition) is 5. The summed E-state index contributed by atoms with van der Waals surface area (Å²) in [5, 5.41) is 21.6. The molecule has 0 spiro atoms. The molecule has 4 heterocycles. The second-order valence-corrected chi connectivity index (χ2v) is 12.9. The maximum absolute atomic E-state index is 13.7. The normalized spacial score (nSPS) is 18.6. The highest BCUT2D eigenvalue weighted by atomic mass is 16.4. The fraction of sp³-hybridized carbons (Fsp3) is 0.289. The van der Waals surface area contributed by atoms with Crippen molar-refractivity contribution in [2.24, 2.45) is 0 Å². The van der Waals surface area contributed by atoms with E-state index in [2.05, 4.69) is 49.5 Å². The second-order valence-electron chi connectivity index (χ2n) is 12.9. The molecule has 12 nitrogen and oxygen atoms in total. The van der Waals surface area contributed by atoms with Crippen molar-refractivity contribution in [2.75, 3.05) is 13.1 Å². The molecule has 5 aromatic rings. The summed E-state index contributed by atoms with van der Waals surface area (Å²) < 4.78 is 0. The number of aliphatic hydroxyl groups is 1. The van der Waals surface area contributed by atoms with Gasteiger partial charge >= 0.3 is 6.09 Å². The van der Waals surface area contributed by atoms with E-state index in [0.29, 0.717) is 24.5 Å². The second kappa shape index (κ2) is 14.0. The van der Waals surface area contributed by atoms with Crippen molar-refractivity contribution < 1.29 is 24.6 Å². The predicted octanol–water partition coefficient (Wildman–Crippen LogP) is 5.85. The predicted molar refractivity (Wildman–Crippen MR) is 186 cm³/mol. The molecule has 50 heavy (non-hydrogen) atoms. The van der Waals surface area contributed by atoms with Gasteiger partial charge in [-0.1, -0.05) is 78.9 Å². The van der Waals surface area contributed by atoms with Gasteiger partial charge in [0.25, 0.3) is 11.8 Å². The molecule has 256 valence electrons. The third-order valence-corrected chi connectivity index (χ3v) is 9.62. The Morgan fingerprint density at radius 3 is 1.64 bits per heavy atom. The number of aliphatic hydroxyl groups excluding tert-OH is 1. The third-order valence-electron chi connectivity index (χ3n) is 9.62. The quantitative estimate of drug-likeness (QED) is 0.131. The lowest BCUT2D eigenvalue weighted by Crippen LogP contribution is -2.42. The number of rotatable bonds is 9. The fourth-order valence-electron chi connectivity index (χ4n) is 7.08. The highest BCUT2D eigenvalue weighted by molar-refractivity contribution is 5.87. The average molecular weight is 674 g/mol. The van der Waals surface area contributed by atoms with Crippen LogP contribution in [0.5, 0.6) is 0 Å². The van der Waals surface area contributed by atoms with E-state index in [1.807, 2.05) is 30.3 Å². The Morgan fingerprint density at radius 1 is 0.720 bits per heavy atom. The van der Waals surface area contributed by atoms with E-state index in [-0.39, 0.29) is 23.9 Å². The number of H-pyrrole nitrogens is 2. The summed E-state index contributed by atoms with van der Waals surface area (Å²) in [4.78, 5) is 57.1. The topological polar surface area (TPSA) is 168 Å². The van der Waals surface area contributed by atoms with E-state index in [1.54, 1.807) is 46.5 Å². The van der Waals surface area contributed by atoms with E-state index < -0.39 is 18.2 Å². The summed E-state index contributed by atoms with van der Waals surface area (Å²) in [6, 6.07) is 23.8. The van der Waals surface area contributed by atoms with Crippen LogP contribution in [0.4, 0.5) is 4.79 Å². The molecule has 5 N–H and O–H groups in total. The first-order valence-corrected chi connectivity index (χ1v) is 16.9. The molecule has 7 rings (SSSR count). The minimum absolute atomic E-state index is 0.165. The molecule has 0 bridgehead atoms. The zero-order valence-electron chi connectivity index (χ0n) is 27.6. The largest absolute Gasteiger partial charge is 0.465 e. The van der Waals surface area contributed by atoms with Gasteiger partial charge in [0.2, 0.25) is 0 Å². The minimum atomic E-state index is -1.25. The van der Waals surface area contributed by atoms with Gasteiger partial charge in [0.15, 0.2) is 0 Å². The Labute approximate surface area is 289 Å². The molecule has 2 fully saturated rings. The fourth-order valence-corrected chi connectivity index (χ4v) is 7.08. The molecular weight excluding hydrogens is 634 g/mol. The van der Waals surface area contributed by atoms with E-state index in [0.717, 1.165) is 65.1 Å². The number of amides is 3. The highest BCUT2D eigenvalue weighted by Gasteiger charge is 2.37. The van der Waals surface area contributed by atoms with Crippen LogP contribution < -0.4 is 5.32 Å². The van der Waals surface area contributed by atoms with Crippen LogP contribution in [0.1, 0.15) is 67.9 Å². The summed E-state index contributed by atoms with van der Waals surface area (Å²) in [6.45, 7) is 2.63. The molecular formula is C38H39N7O5. The molecule has 2 aromatic heterocycles. The Kier molecular flexibility index (Phi) is 9.18. The van der Waals surface area contributed by atoms with Crippen LogP contribution in [0, 0.1) is 0 Å². The Balaban J connectivity index is 1.02. The molecule has 3 amide bonds. The zero-order valence-corrected chi connectivity index (χ0v) is 27.6. The van der Waals surface area contributed by atoms with Crippen molar-refractivity contribution in [3.05, 3.63) is 108 Å². The molecule has 1 unspecified atom stereocenters. The van der Waals surface area contributed by atoms with Gasteiger partial charge in [0.05, 0.1) is 35.9 Å². The van der Waals surface area contributed by atoms with Crippen molar-refractivity contribution in [1.29, 1.82) is 0 Å². The number of imidazole rings is 2. The van der Waals surface area contributed by atoms with Crippen molar-refractivity contribution in [1.82, 2.24) is 35.1 Å². The molecule has 0 aliphatic carbocycles. The summed E-state index contributed by atoms with van der Waals surface area (Å²) >= 11 is 0. The zero-order chi connectivity index (χ0) is 34.8. The van der Waals surface area contributed by atoms with Crippen LogP contribution in [-0.2, 0) is 9.59 Å². The number of nitrogens with one attached hydrogen (secondary N) is 3. The summed E-state index contributed by atoms with van der Waals surface area (Å²) in [7, 11) is 0. The monoisotopic (exact) mass is 673 g/mol. The molecule has 0 saturated carbocycles. The van der Waals surface area contributed by atoms with Gasteiger partial charge in [-0.05, 0) is 60.4 Å². The van der Waals surface area contributed by atoms with E-state index in [1.165, 1.54) is 6.92 Å². The van der Waals surface area contributed by atoms with Crippen LogP contribution >= 0.6 is 0 Å². The van der Waals surface area contributed by atoms with E-state index in [4.69, 9.17) is 0 Å². The molecule has 4 atom stereocenters. The molecule has 3 aromatic carbocycles. The van der Waals surface area contributed by atoms with E-state index >= 15 is 0 Å². The summed E-state index contributed by atoms with van der Waals surface area (Å²) in [6.07, 6.45) is 4.47. The minimum Gasteiger partial charge on any atom is -0.465 e. The first-order valence-electron chi connectivity index (χ1n) is 16.9. The van der Waals surface area contributed by atoms with Crippen molar-refractivity contribution in [3.8, 4) is 33.6 Å². The first-order chi connectivity index (χ1) is 24.3. The first kappa shape index (κ1) is 32.8. The Morgan fingerprint density at radius 2 is 1.18 bits per heavy atom. The van der Waals surface area contributed by atoms with Gasteiger partial charge in [-0.25, -0.2) is 14.8 Å². The number of aromatic amines is 2. The Hall–Kier alpha value is -5.75. The smallest absolute Gasteiger partial charge is 0.405 e. The lowest BCUT2D eigenvalue weighted by atomic mass is 10.0. The summed E-state index contributed by atoms with van der Waals surface area (Å²) in [5.41, 5.74) is 6.32. The number of benzene rings is 3. The van der Waals surface area contributed by atoms with Gasteiger partial charge in [-0.2, -0.15) is 0 Å². The molecule has 2 aliphatic heterocycles. The Bertz CT molecular complexity index is 1970. The van der Waals surface area contributed by atoms with Crippen molar-refractivity contribution in [2.45, 2.75) is 56.8 Å². The van der Waals surface area contributed by atoms with Gasteiger partial charge in [0, 0.05) is 13.1 Å². The van der Waals surface area contributed by atoms with Crippen molar-refractivity contribution in [3.63, 3.8) is 0 Å². The molecule has 2 aliphatic rings. The molecule has 0 radical (unpaired) electrons. The molecule has 2 saturated heterocycles.